The summed E-state index contributed by atoms with van der Waals surface area (Å²) < 4.78 is 97.2. The van der Waals surface area contributed by atoms with Gasteiger partial charge in [0.1, 0.15) is 0 Å². The van der Waals surface area contributed by atoms with Crippen molar-refractivity contribution < 1.29 is 40.4 Å². The quantitative estimate of drug-likeness (QED) is 0.152. The smallest absolute Gasteiger partial charge is 0.274 e. The number of anilines is 1. The first-order valence-corrected chi connectivity index (χ1v) is 11.6. The summed E-state index contributed by atoms with van der Waals surface area (Å²) in [5.41, 5.74) is 2.81. The van der Waals surface area contributed by atoms with Crippen molar-refractivity contribution in [3.05, 3.63) is 94.3 Å². The lowest BCUT2D eigenvalue weighted by Crippen LogP contribution is -2.32. The lowest BCUT2D eigenvalue weighted by molar-refractivity contribution is 0.0706. The molecule has 3 aromatic rings. The molecule has 3 aromatic carbocycles. The Balaban J connectivity index is 2.09. The van der Waals surface area contributed by atoms with E-state index in [4.69, 9.17) is 5.21 Å². The molecule has 192 valence electrons. The molecule has 0 atom stereocenters. The maximum atomic E-state index is 14.5. The van der Waals surface area contributed by atoms with Gasteiger partial charge in [0.15, 0.2) is 28.2 Å². The number of nitrogens with zero attached hydrogens (tertiary/aromatic N) is 2. The minimum absolute atomic E-state index is 0.0229. The Hall–Kier alpha value is -3.55. The number of amides is 1. The van der Waals surface area contributed by atoms with Crippen LogP contribution in [0, 0.1) is 29.1 Å². The molecule has 0 aliphatic carbocycles. The molecule has 3 rings (SSSR count). The van der Waals surface area contributed by atoms with Crippen molar-refractivity contribution in [1.82, 2.24) is 9.79 Å². The molecule has 13 heteroatoms. The second-order valence-corrected chi connectivity index (χ2v) is 9.75. The summed E-state index contributed by atoms with van der Waals surface area (Å²) in [6, 6.07) is 11.5. The van der Waals surface area contributed by atoms with E-state index in [0.29, 0.717) is 9.87 Å². The van der Waals surface area contributed by atoms with Crippen LogP contribution in [0.25, 0.3) is 0 Å². The molecule has 0 radical (unpaired) electrons. The second-order valence-electron chi connectivity index (χ2n) is 7.87. The minimum atomic E-state index is -5.27. The Kier molecular flexibility index (Phi) is 7.96. The van der Waals surface area contributed by atoms with Crippen molar-refractivity contribution in [2.45, 2.75) is 18.0 Å². The molecule has 0 aromatic heterocycles. The standard InChI is InChI=1S/C23H20F5N3O4S/c1-30(2)16-9-5-14(6-10-16)12-31(11-13-3-7-15(8-4-13)23(32)29-33)36(34,35)22-20(27)18(25)17(24)19(26)21(22)28/h3-10,33H,11-12H2,1-2H3,(H,29,32). The van der Waals surface area contributed by atoms with Gasteiger partial charge in [0.25, 0.3) is 5.91 Å². The van der Waals surface area contributed by atoms with Crippen molar-refractivity contribution >= 4 is 21.6 Å². The molecule has 0 saturated carbocycles. The molecular weight excluding hydrogens is 509 g/mol. The second kappa shape index (κ2) is 10.6. The van der Waals surface area contributed by atoms with Gasteiger partial charge in [0.2, 0.25) is 15.8 Å². The molecule has 0 unspecified atom stereocenters. The summed E-state index contributed by atoms with van der Waals surface area (Å²) in [4.78, 5) is 11.3. The van der Waals surface area contributed by atoms with E-state index >= 15 is 0 Å². The number of hydrogen-bond donors (Lipinski definition) is 2. The lowest BCUT2D eigenvalue weighted by Gasteiger charge is -2.24. The Morgan fingerprint density at radius 2 is 1.19 bits per heavy atom. The van der Waals surface area contributed by atoms with Gasteiger partial charge in [0.05, 0.1) is 0 Å². The van der Waals surface area contributed by atoms with E-state index in [9.17, 15) is 35.2 Å². The highest BCUT2D eigenvalue weighted by Gasteiger charge is 2.37. The van der Waals surface area contributed by atoms with Crippen molar-refractivity contribution in [3.8, 4) is 0 Å². The summed E-state index contributed by atoms with van der Waals surface area (Å²) in [5.74, 6) is -13.0. The van der Waals surface area contributed by atoms with Crippen LogP contribution < -0.4 is 10.4 Å². The summed E-state index contributed by atoms with van der Waals surface area (Å²) in [6.45, 7) is -1.02. The fourth-order valence-corrected chi connectivity index (χ4v) is 4.83. The summed E-state index contributed by atoms with van der Waals surface area (Å²) in [7, 11) is -1.72. The van der Waals surface area contributed by atoms with Gasteiger partial charge in [-0.2, -0.15) is 4.31 Å². The van der Waals surface area contributed by atoms with Crippen LogP contribution in [0.1, 0.15) is 21.5 Å². The Bertz CT molecular complexity index is 1350. The van der Waals surface area contributed by atoms with Crippen LogP contribution in [-0.4, -0.2) is 37.9 Å². The van der Waals surface area contributed by atoms with Gasteiger partial charge in [0, 0.05) is 38.4 Å². The average molecular weight is 529 g/mol. The van der Waals surface area contributed by atoms with Gasteiger partial charge in [-0.3, -0.25) is 10.0 Å². The zero-order valence-electron chi connectivity index (χ0n) is 18.9. The number of hydrogen-bond acceptors (Lipinski definition) is 5. The molecule has 36 heavy (non-hydrogen) atoms. The maximum absolute atomic E-state index is 14.5. The largest absolute Gasteiger partial charge is 0.378 e. The zero-order chi connectivity index (χ0) is 26.8. The van der Waals surface area contributed by atoms with E-state index in [2.05, 4.69) is 0 Å². The number of nitrogens with one attached hydrogen (secondary N) is 1. The van der Waals surface area contributed by atoms with E-state index in [1.807, 2.05) is 0 Å². The highest BCUT2D eigenvalue weighted by molar-refractivity contribution is 7.89. The fourth-order valence-electron chi connectivity index (χ4n) is 3.30. The molecule has 1 amide bonds. The molecule has 0 spiro atoms. The number of carbonyl (C=O) groups excluding carboxylic acids is 1. The van der Waals surface area contributed by atoms with Crippen LogP contribution in [0.4, 0.5) is 27.6 Å². The first kappa shape index (κ1) is 27.0. The molecule has 7 nitrogen and oxygen atoms in total. The SMILES string of the molecule is CN(C)c1ccc(CN(Cc2ccc(C(=O)NO)cc2)S(=O)(=O)c2c(F)c(F)c(F)c(F)c2F)cc1. The van der Waals surface area contributed by atoms with E-state index < -0.39 is 63.0 Å². The zero-order valence-corrected chi connectivity index (χ0v) is 19.7. The first-order valence-electron chi connectivity index (χ1n) is 10.2. The third-order valence-electron chi connectivity index (χ3n) is 5.26. The predicted molar refractivity (Wildman–Crippen MR) is 119 cm³/mol. The molecule has 0 bridgehead atoms. The van der Waals surface area contributed by atoms with Crippen molar-refractivity contribution in [2.24, 2.45) is 0 Å². The third-order valence-corrected chi connectivity index (χ3v) is 7.07. The monoisotopic (exact) mass is 529 g/mol. The third kappa shape index (κ3) is 5.32. The van der Waals surface area contributed by atoms with Crippen molar-refractivity contribution in [3.63, 3.8) is 0 Å². The average Bonchev–Trinajstić information content (AvgIpc) is 2.86. The highest BCUT2D eigenvalue weighted by atomic mass is 32.2. The highest BCUT2D eigenvalue weighted by Crippen LogP contribution is 2.31. The number of carbonyl (C=O) groups is 1. The number of sulfonamides is 1. The van der Waals surface area contributed by atoms with E-state index in [1.165, 1.54) is 29.7 Å². The van der Waals surface area contributed by atoms with Gasteiger partial charge < -0.3 is 4.90 Å². The van der Waals surface area contributed by atoms with Gasteiger partial charge >= 0.3 is 0 Å². The molecule has 0 aliphatic heterocycles. The molecule has 2 N–H and O–H groups in total. The Morgan fingerprint density at radius 3 is 1.61 bits per heavy atom. The van der Waals surface area contributed by atoms with Gasteiger partial charge in [-0.1, -0.05) is 24.3 Å². The van der Waals surface area contributed by atoms with Crippen LogP contribution in [0.15, 0.2) is 53.4 Å². The number of benzene rings is 3. The van der Waals surface area contributed by atoms with Crippen molar-refractivity contribution in [1.29, 1.82) is 0 Å². The van der Waals surface area contributed by atoms with Gasteiger partial charge in [-0.25, -0.2) is 35.8 Å². The summed E-state index contributed by atoms with van der Waals surface area (Å²) in [6.07, 6.45) is 0. The first-order chi connectivity index (χ1) is 16.9. The van der Waals surface area contributed by atoms with Crippen LogP contribution in [0.5, 0.6) is 0 Å². The van der Waals surface area contributed by atoms with Crippen LogP contribution in [0.3, 0.4) is 0 Å². The van der Waals surface area contributed by atoms with Crippen molar-refractivity contribution in [2.75, 3.05) is 19.0 Å². The van der Waals surface area contributed by atoms with Crippen LogP contribution in [0.2, 0.25) is 0 Å². The lowest BCUT2D eigenvalue weighted by atomic mass is 10.1. The summed E-state index contributed by atoms with van der Waals surface area (Å²) in [5, 5.41) is 8.72. The fraction of sp³-hybridized carbons (Fsp3) is 0.174. The summed E-state index contributed by atoms with van der Waals surface area (Å²) >= 11 is 0. The minimum Gasteiger partial charge on any atom is -0.378 e. The Morgan fingerprint density at radius 1 is 0.778 bits per heavy atom. The van der Waals surface area contributed by atoms with E-state index in [-0.39, 0.29) is 11.1 Å². The van der Waals surface area contributed by atoms with E-state index in [1.54, 1.807) is 43.3 Å². The normalized spacial score (nSPS) is 11.6. The number of rotatable bonds is 8. The van der Waals surface area contributed by atoms with Gasteiger partial charge in [-0.15, -0.1) is 0 Å². The van der Waals surface area contributed by atoms with Crippen LogP contribution in [-0.2, 0) is 23.1 Å². The topological polar surface area (TPSA) is 89.9 Å². The predicted octanol–water partition coefficient (Wildman–Crippen LogP) is 3.96. The van der Waals surface area contributed by atoms with Gasteiger partial charge in [-0.05, 0) is 35.4 Å². The maximum Gasteiger partial charge on any atom is 0.274 e. The number of hydroxylamine groups is 1. The molecule has 0 heterocycles. The molecule has 0 saturated heterocycles. The number of halogens is 5. The Labute approximate surface area is 203 Å². The van der Waals surface area contributed by atoms with E-state index in [0.717, 1.165) is 5.69 Å². The van der Waals surface area contributed by atoms with Crippen LogP contribution >= 0.6 is 0 Å². The molecule has 0 aliphatic rings. The molecular formula is C23H20F5N3O4S. The molecule has 0 fully saturated rings.